The molecular weight excluding hydrogens is 550 g/mol. The number of hydrogen-bond acceptors (Lipinski definition) is 7. The predicted molar refractivity (Wildman–Crippen MR) is 160 cm³/mol. The molecular formula is C32H43N5O6. The van der Waals surface area contributed by atoms with Crippen molar-refractivity contribution in [1.29, 1.82) is 0 Å². The fraction of sp³-hybridized carbons (Fsp3) is 0.562. The number of benzene rings is 1. The van der Waals surface area contributed by atoms with Crippen molar-refractivity contribution in [3.63, 3.8) is 0 Å². The molecule has 4 aliphatic carbocycles. The van der Waals surface area contributed by atoms with Crippen LogP contribution in [0.2, 0.25) is 0 Å². The summed E-state index contributed by atoms with van der Waals surface area (Å²) in [7, 11) is 0. The summed E-state index contributed by atoms with van der Waals surface area (Å²) >= 11 is 0. The highest BCUT2D eigenvalue weighted by atomic mass is 16.6. The number of hydrogen-bond donors (Lipinski definition) is 3. The number of aromatic nitrogens is 2. The number of primary amides is 1. The maximum Gasteiger partial charge on any atom is 0.405 e. The minimum Gasteiger partial charge on any atom is -0.484 e. The Hall–Kier alpha value is -4.02. The first kappa shape index (κ1) is 30.4. The van der Waals surface area contributed by atoms with E-state index in [2.05, 4.69) is 15.7 Å². The maximum atomic E-state index is 13.7. The second-order valence-corrected chi connectivity index (χ2v) is 13.3. The first-order valence-electron chi connectivity index (χ1n) is 15.1. The van der Waals surface area contributed by atoms with E-state index in [9.17, 15) is 14.4 Å². The third kappa shape index (κ3) is 7.32. The fourth-order valence-corrected chi connectivity index (χ4v) is 7.11. The van der Waals surface area contributed by atoms with Gasteiger partial charge in [0.1, 0.15) is 16.9 Å². The van der Waals surface area contributed by atoms with E-state index in [1.54, 1.807) is 24.4 Å². The quantitative estimate of drug-likeness (QED) is 0.335. The van der Waals surface area contributed by atoms with Gasteiger partial charge in [-0.1, -0.05) is 32.0 Å². The average molecular weight is 594 g/mol. The summed E-state index contributed by atoms with van der Waals surface area (Å²) in [5, 5.41) is 10.7. The van der Waals surface area contributed by atoms with E-state index in [0.717, 1.165) is 19.3 Å². The van der Waals surface area contributed by atoms with E-state index in [1.807, 2.05) is 45.9 Å². The molecule has 1 aromatic carbocycles. The zero-order valence-corrected chi connectivity index (χ0v) is 25.4. The van der Waals surface area contributed by atoms with Crippen LogP contribution in [0.15, 0.2) is 42.6 Å². The third-order valence-electron chi connectivity index (χ3n) is 8.59. The van der Waals surface area contributed by atoms with Crippen molar-refractivity contribution in [2.75, 3.05) is 13.2 Å². The molecule has 4 N–H and O–H groups in total. The minimum absolute atomic E-state index is 0.0160. The highest BCUT2D eigenvalue weighted by Gasteiger charge is 2.57. The zero-order valence-electron chi connectivity index (χ0n) is 25.4. The largest absolute Gasteiger partial charge is 0.484 e. The minimum atomic E-state index is -0.732. The number of ether oxygens (including phenoxy) is 3. The number of carbonyl (C=O) groups excluding carboxylic acids is 3. The molecule has 43 heavy (non-hydrogen) atoms. The van der Waals surface area contributed by atoms with Crippen LogP contribution in [0, 0.1) is 23.7 Å². The summed E-state index contributed by atoms with van der Waals surface area (Å²) in [5.74, 6) is 1.60. The number of nitrogens with one attached hydrogen (secondary N) is 2. The lowest BCUT2D eigenvalue weighted by molar-refractivity contribution is -0.137. The van der Waals surface area contributed by atoms with Crippen LogP contribution in [0.5, 0.6) is 11.6 Å². The van der Waals surface area contributed by atoms with Gasteiger partial charge in [0.2, 0.25) is 5.88 Å². The van der Waals surface area contributed by atoms with E-state index < -0.39 is 17.2 Å². The Kier molecular flexibility index (Phi) is 8.71. The topological polar surface area (TPSA) is 147 Å². The average Bonchev–Trinajstić information content (AvgIpc) is 3.34. The first-order chi connectivity index (χ1) is 20.4. The van der Waals surface area contributed by atoms with Crippen molar-refractivity contribution in [2.45, 2.75) is 77.0 Å². The normalized spacial score (nSPS) is 26.0. The molecule has 1 heterocycles. The van der Waals surface area contributed by atoms with Crippen LogP contribution in [0.3, 0.4) is 0 Å². The van der Waals surface area contributed by atoms with E-state index in [4.69, 9.17) is 19.9 Å². The number of nitrogens with zero attached hydrogens (tertiary/aromatic N) is 2. The molecule has 0 aliphatic heterocycles. The number of nitrogens with two attached hydrogens (primary N) is 1. The second kappa shape index (κ2) is 12.3. The Bertz CT molecular complexity index is 1340. The summed E-state index contributed by atoms with van der Waals surface area (Å²) in [6.07, 6.45) is 8.56. The SMILES string of the molecule is CC(C)COc1c(C(=O)NC2C3CC4CC2CC(OC(N)=O)(C4)C3)cnn1/C=C/C(C)(C)NC(=O)COc1ccccc1. The Morgan fingerprint density at radius 3 is 2.47 bits per heavy atom. The molecule has 6 rings (SSSR count). The predicted octanol–water partition coefficient (Wildman–Crippen LogP) is 4.13. The fourth-order valence-electron chi connectivity index (χ4n) is 7.11. The molecule has 2 atom stereocenters. The van der Waals surface area contributed by atoms with Crippen LogP contribution >= 0.6 is 0 Å². The van der Waals surface area contributed by atoms with Crippen molar-refractivity contribution >= 4 is 24.1 Å². The molecule has 11 heteroatoms. The van der Waals surface area contributed by atoms with Crippen LogP contribution in [-0.2, 0) is 9.53 Å². The number of rotatable bonds is 12. The first-order valence-corrected chi connectivity index (χ1v) is 15.1. The molecule has 2 unspecified atom stereocenters. The van der Waals surface area contributed by atoms with Crippen molar-refractivity contribution in [1.82, 2.24) is 20.4 Å². The van der Waals surface area contributed by atoms with Gasteiger partial charge in [0.05, 0.1) is 18.3 Å². The summed E-state index contributed by atoms with van der Waals surface area (Å²) in [5.41, 5.74) is 4.51. The lowest BCUT2D eigenvalue weighted by Crippen LogP contribution is -2.63. The molecule has 2 aromatic rings. The molecule has 4 bridgehead atoms. The summed E-state index contributed by atoms with van der Waals surface area (Å²) in [6, 6.07) is 9.14. The Balaban J connectivity index is 1.26. The lowest BCUT2D eigenvalue weighted by atomic mass is 9.52. The van der Waals surface area contributed by atoms with Crippen LogP contribution < -0.4 is 25.8 Å². The van der Waals surface area contributed by atoms with Gasteiger partial charge < -0.3 is 30.6 Å². The highest BCUT2D eigenvalue weighted by molar-refractivity contribution is 5.96. The van der Waals surface area contributed by atoms with Gasteiger partial charge in [-0.2, -0.15) is 5.10 Å². The molecule has 0 saturated heterocycles. The zero-order chi connectivity index (χ0) is 30.8. The van der Waals surface area contributed by atoms with Gasteiger partial charge in [0, 0.05) is 12.2 Å². The Labute approximate surface area is 252 Å². The van der Waals surface area contributed by atoms with E-state index in [1.165, 1.54) is 10.9 Å². The van der Waals surface area contributed by atoms with Crippen molar-refractivity contribution in [3.8, 4) is 11.6 Å². The van der Waals surface area contributed by atoms with Crippen molar-refractivity contribution in [3.05, 3.63) is 48.2 Å². The van der Waals surface area contributed by atoms with Crippen LogP contribution in [-0.4, -0.2) is 58.1 Å². The van der Waals surface area contributed by atoms with Crippen LogP contribution in [0.1, 0.15) is 70.2 Å². The summed E-state index contributed by atoms with van der Waals surface area (Å²) in [4.78, 5) is 37.8. The monoisotopic (exact) mass is 593 g/mol. The van der Waals surface area contributed by atoms with Gasteiger partial charge in [0.15, 0.2) is 6.61 Å². The van der Waals surface area contributed by atoms with Gasteiger partial charge >= 0.3 is 6.09 Å². The van der Waals surface area contributed by atoms with Crippen LogP contribution in [0.25, 0.3) is 6.20 Å². The van der Waals surface area contributed by atoms with Crippen molar-refractivity contribution < 1.29 is 28.6 Å². The highest BCUT2D eigenvalue weighted by Crippen LogP contribution is 2.57. The number of amides is 3. The molecule has 1 aromatic heterocycles. The van der Waals surface area contributed by atoms with Gasteiger partial charge in [-0.15, -0.1) is 0 Å². The molecule has 0 radical (unpaired) electrons. The smallest absolute Gasteiger partial charge is 0.405 e. The van der Waals surface area contributed by atoms with Gasteiger partial charge in [-0.25, -0.2) is 9.48 Å². The molecule has 4 fully saturated rings. The molecule has 4 saturated carbocycles. The maximum absolute atomic E-state index is 13.7. The number of carbonyl (C=O) groups is 3. The third-order valence-corrected chi connectivity index (χ3v) is 8.59. The van der Waals surface area contributed by atoms with Gasteiger partial charge in [-0.3, -0.25) is 9.59 Å². The van der Waals surface area contributed by atoms with Gasteiger partial charge in [-0.05, 0) is 87.8 Å². The van der Waals surface area contributed by atoms with Crippen LogP contribution in [0.4, 0.5) is 4.79 Å². The summed E-state index contributed by atoms with van der Waals surface area (Å²) < 4.78 is 18.8. The molecule has 11 nitrogen and oxygen atoms in total. The Morgan fingerprint density at radius 1 is 1.12 bits per heavy atom. The lowest BCUT2D eigenvalue weighted by Gasteiger charge is -2.58. The molecule has 232 valence electrons. The van der Waals surface area contributed by atoms with Gasteiger partial charge in [0.25, 0.3) is 11.8 Å². The van der Waals surface area contributed by atoms with E-state index in [-0.39, 0.29) is 42.2 Å². The summed E-state index contributed by atoms with van der Waals surface area (Å²) in [6.45, 7) is 8.07. The Morgan fingerprint density at radius 2 is 1.81 bits per heavy atom. The molecule has 4 aliphatic rings. The molecule has 3 amide bonds. The van der Waals surface area contributed by atoms with Crippen molar-refractivity contribution in [2.24, 2.45) is 29.4 Å². The van der Waals surface area contributed by atoms with E-state index in [0.29, 0.717) is 42.6 Å². The number of para-hydroxylation sites is 1. The molecule has 0 spiro atoms. The van der Waals surface area contributed by atoms with E-state index >= 15 is 0 Å². The standard InChI is InChI=1S/C32H43N5O6/c1-20(2)18-42-29-25(28(39)35-27-22-12-21-13-23(27)16-32(14-21,15-22)43-30(33)40)17-34-37(29)11-10-31(3,4)36-26(38)19-41-24-8-6-5-7-9-24/h5-11,17,20-23,27H,12-16,18-19H2,1-4H3,(H2,33,40)(H,35,39)(H,36,38)/b11-10+. The second-order valence-electron chi connectivity index (χ2n) is 13.3.